The van der Waals surface area contributed by atoms with Crippen LogP contribution >= 0.6 is 11.5 Å². The Labute approximate surface area is 155 Å². The average molecular weight is 362 g/mol. The molecule has 2 aromatic heterocycles. The Bertz CT molecular complexity index is 1080. The molecule has 1 aliphatic carbocycles. The summed E-state index contributed by atoms with van der Waals surface area (Å²) in [4.78, 5) is 0. The van der Waals surface area contributed by atoms with Gasteiger partial charge in [0, 0.05) is 22.1 Å². The second-order valence-corrected chi connectivity index (χ2v) is 7.53. The summed E-state index contributed by atoms with van der Waals surface area (Å²) in [5.74, 6) is 0.335. The van der Waals surface area contributed by atoms with Crippen molar-refractivity contribution in [2.75, 3.05) is 0 Å². The van der Waals surface area contributed by atoms with Gasteiger partial charge in [-0.25, -0.2) is 0 Å². The van der Waals surface area contributed by atoms with Gasteiger partial charge >= 0.3 is 0 Å². The van der Waals surface area contributed by atoms with E-state index in [1.54, 1.807) is 4.57 Å². The van der Waals surface area contributed by atoms with Gasteiger partial charge in [0.15, 0.2) is 0 Å². The monoisotopic (exact) mass is 362 g/mol. The van der Waals surface area contributed by atoms with Crippen molar-refractivity contribution in [1.82, 2.24) is 8.94 Å². The molecule has 5 rings (SSSR count). The molecule has 0 spiro atoms. The molecule has 0 aliphatic heterocycles. The van der Waals surface area contributed by atoms with E-state index in [2.05, 4.69) is 4.37 Å². The van der Waals surface area contributed by atoms with Crippen LogP contribution in [0, 0.1) is 0 Å². The summed E-state index contributed by atoms with van der Waals surface area (Å²) in [6.45, 7) is 0. The van der Waals surface area contributed by atoms with Crippen LogP contribution in [0.4, 0.5) is 0 Å². The van der Waals surface area contributed by atoms with Crippen LogP contribution in [0.25, 0.3) is 27.0 Å². The third-order valence-electron chi connectivity index (χ3n) is 5.19. The number of aromatic hydroxyl groups is 2. The normalized spacial score (nSPS) is 13.8. The first-order valence-corrected chi connectivity index (χ1v) is 9.61. The number of benzene rings is 2. The number of hydrogen-bond donors (Lipinski definition) is 2. The molecular weight excluding hydrogens is 344 g/mol. The second-order valence-electron chi connectivity index (χ2n) is 6.72. The molecule has 0 fully saturated rings. The summed E-state index contributed by atoms with van der Waals surface area (Å²) in [6.07, 6.45) is 3.74. The lowest BCUT2D eigenvalue weighted by Gasteiger charge is -2.09. The highest BCUT2D eigenvalue weighted by atomic mass is 32.1. The minimum atomic E-state index is 0.168. The Morgan fingerprint density at radius 3 is 2.27 bits per heavy atom. The Hall–Kier alpha value is -2.79. The van der Waals surface area contributed by atoms with Crippen molar-refractivity contribution in [3.63, 3.8) is 0 Å². The van der Waals surface area contributed by atoms with Crippen molar-refractivity contribution in [1.29, 1.82) is 0 Å². The summed E-state index contributed by atoms with van der Waals surface area (Å²) >= 11 is 1.46. The van der Waals surface area contributed by atoms with Gasteiger partial charge in [0.05, 0.1) is 16.1 Å². The highest BCUT2D eigenvalue weighted by molar-refractivity contribution is 7.13. The molecule has 0 unspecified atom stereocenters. The van der Waals surface area contributed by atoms with Crippen molar-refractivity contribution < 1.29 is 10.2 Å². The zero-order chi connectivity index (χ0) is 17.7. The molecule has 5 heteroatoms. The molecule has 2 N–H and O–H groups in total. The minimum Gasteiger partial charge on any atom is -0.494 e. The van der Waals surface area contributed by atoms with Crippen LogP contribution in [0.1, 0.15) is 24.0 Å². The third-order valence-corrected chi connectivity index (χ3v) is 6.02. The van der Waals surface area contributed by atoms with Crippen LogP contribution in [0.15, 0.2) is 48.5 Å². The van der Waals surface area contributed by atoms with Gasteiger partial charge in [-0.15, -0.1) is 0 Å². The van der Waals surface area contributed by atoms with Gasteiger partial charge in [-0.3, -0.25) is 4.57 Å². The van der Waals surface area contributed by atoms with Crippen molar-refractivity contribution >= 4 is 21.6 Å². The number of fused-ring (bicyclic) bond motifs is 2. The molecular formula is C21H18N2O2S. The molecule has 0 saturated heterocycles. The van der Waals surface area contributed by atoms with E-state index in [4.69, 9.17) is 0 Å². The minimum absolute atomic E-state index is 0.168. The SMILES string of the molecule is Oc1c2c(c(O)n1-c1ccc3snc(-c4ccccc4)c3c1)CCCC2. The molecule has 4 aromatic rings. The van der Waals surface area contributed by atoms with Crippen molar-refractivity contribution in [3.8, 4) is 28.7 Å². The molecule has 130 valence electrons. The summed E-state index contributed by atoms with van der Waals surface area (Å²) in [5, 5.41) is 22.4. The smallest absolute Gasteiger partial charge is 0.202 e. The summed E-state index contributed by atoms with van der Waals surface area (Å²) < 4.78 is 7.28. The molecule has 2 heterocycles. The maximum atomic E-state index is 10.7. The molecule has 2 aromatic carbocycles. The zero-order valence-electron chi connectivity index (χ0n) is 14.1. The maximum absolute atomic E-state index is 10.7. The maximum Gasteiger partial charge on any atom is 0.202 e. The zero-order valence-corrected chi connectivity index (χ0v) is 15.0. The van der Waals surface area contributed by atoms with Gasteiger partial charge in [-0.05, 0) is 55.4 Å². The Morgan fingerprint density at radius 2 is 1.58 bits per heavy atom. The van der Waals surface area contributed by atoms with E-state index in [1.165, 1.54) is 11.5 Å². The van der Waals surface area contributed by atoms with Crippen LogP contribution < -0.4 is 0 Å². The Kier molecular flexibility index (Phi) is 3.50. The van der Waals surface area contributed by atoms with Gasteiger partial charge in [0.2, 0.25) is 11.8 Å². The van der Waals surface area contributed by atoms with Crippen LogP contribution in [-0.2, 0) is 12.8 Å². The predicted molar refractivity (Wildman–Crippen MR) is 104 cm³/mol. The highest BCUT2D eigenvalue weighted by Gasteiger charge is 2.25. The predicted octanol–water partition coefficient (Wildman–Crippen LogP) is 5.04. The van der Waals surface area contributed by atoms with Crippen LogP contribution in [-0.4, -0.2) is 19.2 Å². The van der Waals surface area contributed by atoms with E-state index >= 15 is 0 Å². The summed E-state index contributed by atoms with van der Waals surface area (Å²) in [5.41, 5.74) is 4.54. The number of nitrogens with zero attached hydrogens (tertiary/aromatic N) is 2. The Morgan fingerprint density at radius 1 is 0.885 bits per heavy atom. The van der Waals surface area contributed by atoms with Gasteiger partial charge in [-0.2, -0.15) is 4.37 Å². The number of hydrogen-bond acceptors (Lipinski definition) is 4. The van der Waals surface area contributed by atoms with Gasteiger partial charge in [-0.1, -0.05) is 30.3 Å². The topological polar surface area (TPSA) is 58.3 Å². The van der Waals surface area contributed by atoms with Gasteiger partial charge in [0.25, 0.3) is 0 Å². The molecule has 1 aliphatic rings. The first-order valence-electron chi connectivity index (χ1n) is 8.83. The van der Waals surface area contributed by atoms with Crippen LogP contribution in [0.5, 0.6) is 11.8 Å². The summed E-state index contributed by atoms with van der Waals surface area (Å²) in [6, 6.07) is 16.0. The van der Waals surface area contributed by atoms with Crippen molar-refractivity contribution in [2.45, 2.75) is 25.7 Å². The van der Waals surface area contributed by atoms with E-state index < -0.39 is 0 Å². The molecule has 0 atom stereocenters. The number of aromatic nitrogens is 2. The molecule has 0 bridgehead atoms. The van der Waals surface area contributed by atoms with E-state index in [1.807, 2.05) is 48.5 Å². The fourth-order valence-electron chi connectivity index (χ4n) is 3.88. The standard InChI is InChI=1S/C21H18N2O2S/c24-20-15-8-4-5-9-16(15)21(25)23(20)14-10-11-18-17(12-14)19(22-26-18)13-6-2-1-3-7-13/h1-3,6-7,10-12,24-25H,4-5,8-9H2. The van der Waals surface area contributed by atoms with E-state index in [0.29, 0.717) is 0 Å². The van der Waals surface area contributed by atoms with E-state index in [0.717, 1.165) is 63.8 Å². The van der Waals surface area contributed by atoms with Crippen molar-refractivity contribution in [3.05, 3.63) is 59.7 Å². The first kappa shape index (κ1) is 15.5. The van der Waals surface area contributed by atoms with E-state index in [-0.39, 0.29) is 11.8 Å². The Balaban J connectivity index is 1.71. The number of rotatable bonds is 2. The lowest BCUT2D eigenvalue weighted by molar-refractivity contribution is 0.399. The molecule has 26 heavy (non-hydrogen) atoms. The third kappa shape index (κ3) is 2.24. The second kappa shape index (κ2) is 5.88. The largest absolute Gasteiger partial charge is 0.494 e. The highest BCUT2D eigenvalue weighted by Crippen LogP contribution is 2.42. The van der Waals surface area contributed by atoms with Crippen LogP contribution in [0.3, 0.4) is 0 Å². The fraction of sp³-hybridized carbons (Fsp3) is 0.190. The van der Waals surface area contributed by atoms with Crippen molar-refractivity contribution in [2.24, 2.45) is 0 Å². The fourth-order valence-corrected chi connectivity index (χ4v) is 4.66. The van der Waals surface area contributed by atoms with E-state index in [9.17, 15) is 10.2 Å². The lowest BCUT2D eigenvalue weighted by Crippen LogP contribution is -1.98. The first-order chi connectivity index (χ1) is 12.7. The summed E-state index contributed by atoms with van der Waals surface area (Å²) in [7, 11) is 0. The van der Waals surface area contributed by atoms with Gasteiger partial charge in [0.1, 0.15) is 0 Å². The molecule has 4 nitrogen and oxygen atoms in total. The molecule has 0 saturated carbocycles. The molecule has 0 amide bonds. The lowest BCUT2D eigenvalue weighted by atomic mass is 9.95. The van der Waals surface area contributed by atoms with Crippen LogP contribution in [0.2, 0.25) is 0 Å². The molecule has 0 radical (unpaired) electrons. The quantitative estimate of drug-likeness (QED) is 0.525. The van der Waals surface area contributed by atoms with Gasteiger partial charge < -0.3 is 10.2 Å². The average Bonchev–Trinajstić information content (AvgIpc) is 3.22.